The number of Topliss-reactive ketones (excluding diaryl/α,β-unsaturated/α-hetero) is 1. The van der Waals surface area contributed by atoms with Gasteiger partial charge in [-0.3, -0.25) is 10.6 Å². The SMILES string of the molecule is N[n+]1cnn(CC(=O)c2ccc(Cl)cc2Cl)c1.[Cl-]. The van der Waals surface area contributed by atoms with Crippen LogP contribution in [-0.2, 0) is 6.54 Å². The van der Waals surface area contributed by atoms with E-state index in [9.17, 15) is 4.79 Å². The number of carbonyl (C=O) groups is 1. The molecule has 0 amide bonds. The van der Waals surface area contributed by atoms with Crippen LogP contribution in [0.1, 0.15) is 10.4 Å². The molecule has 0 aliphatic carbocycles. The van der Waals surface area contributed by atoms with Crippen molar-refractivity contribution < 1.29 is 21.9 Å². The number of nitrogens with two attached hydrogens (primary N) is 1. The van der Waals surface area contributed by atoms with Crippen LogP contribution in [0.25, 0.3) is 0 Å². The molecule has 0 atom stereocenters. The lowest BCUT2D eigenvalue weighted by Crippen LogP contribution is -3.00. The average molecular weight is 308 g/mol. The molecule has 2 rings (SSSR count). The summed E-state index contributed by atoms with van der Waals surface area (Å²) in [5.41, 5.74) is 0.412. The van der Waals surface area contributed by atoms with Gasteiger partial charge in [-0.05, 0) is 18.2 Å². The zero-order valence-electron chi connectivity index (χ0n) is 9.05. The summed E-state index contributed by atoms with van der Waals surface area (Å²) < 4.78 is 2.68. The number of nitrogen functional groups attached to an aromatic ring is 1. The van der Waals surface area contributed by atoms with E-state index in [-0.39, 0.29) is 24.7 Å². The molecular weight excluding hydrogens is 298 g/mol. The van der Waals surface area contributed by atoms with E-state index in [1.807, 2.05) is 0 Å². The summed E-state index contributed by atoms with van der Waals surface area (Å²) in [6.45, 7) is 0.0750. The number of benzene rings is 1. The molecule has 0 aliphatic heterocycles. The molecule has 0 radical (unpaired) electrons. The Morgan fingerprint density at radius 1 is 1.44 bits per heavy atom. The highest BCUT2D eigenvalue weighted by Gasteiger charge is 2.15. The minimum absolute atomic E-state index is 0. The van der Waals surface area contributed by atoms with Crippen LogP contribution in [0, 0.1) is 0 Å². The largest absolute Gasteiger partial charge is 1.00 e. The molecule has 0 aliphatic rings. The van der Waals surface area contributed by atoms with Crippen molar-refractivity contribution >= 4 is 29.0 Å². The first-order chi connectivity index (χ1) is 8.06. The van der Waals surface area contributed by atoms with E-state index in [2.05, 4.69) is 5.10 Å². The number of nitrogens with zero attached hydrogens (tertiary/aromatic N) is 3. The van der Waals surface area contributed by atoms with E-state index < -0.39 is 0 Å². The van der Waals surface area contributed by atoms with Gasteiger partial charge in [0.2, 0.25) is 12.1 Å². The van der Waals surface area contributed by atoms with Crippen LogP contribution >= 0.6 is 23.2 Å². The Morgan fingerprint density at radius 2 is 2.17 bits per heavy atom. The second-order valence-electron chi connectivity index (χ2n) is 3.44. The van der Waals surface area contributed by atoms with Crippen molar-refractivity contribution in [2.45, 2.75) is 6.54 Å². The molecule has 0 spiro atoms. The topological polar surface area (TPSA) is 64.8 Å². The third kappa shape index (κ3) is 3.35. The molecule has 96 valence electrons. The van der Waals surface area contributed by atoms with Crippen LogP contribution in [0.15, 0.2) is 30.9 Å². The predicted molar refractivity (Wildman–Crippen MR) is 63.4 cm³/mol. The molecule has 18 heavy (non-hydrogen) atoms. The van der Waals surface area contributed by atoms with Crippen LogP contribution in [0.4, 0.5) is 0 Å². The number of hydrogen-bond donors (Lipinski definition) is 1. The lowest BCUT2D eigenvalue weighted by atomic mass is 10.1. The Balaban J connectivity index is 0.00000162. The molecule has 8 heteroatoms. The van der Waals surface area contributed by atoms with Gasteiger partial charge in [0.25, 0.3) is 6.33 Å². The van der Waals surface area contributed by atoms with Gasteiger partial charge in [0, 0.05) is 15.7 Å². The molecule has 2 N–H and O–H groups in total. The van der Waals surface area contributed by atoms with Crippen LogP contribution in [0.2, 0.25) is 10.0 Å². The summed E-state index contributed by atoms with van der Waals surface area (Å²) in [6, 6.07) is 4.74. The van der Waals surface area contributed by atoms with Crippen molar-refractivity contribution in [2.75, 3.05) is 5.84 Å². The van der Waals surface area contributed by atoms with Crippen molar-refractivity contribution in [3.8, 4) is 0 Å². The van der Waals surface area contributed by atoms with Gasteiger partial charge < -0.3 is 12.4 Å². The number of rotatable bonds is 3. The highest BCUT2D eigenvalue weighted by atomic mass is 35.5. The third-order valence-corrected chi connectivity index (χ3v) is 2.68. The monoisotopic (exact) mass is 306 g/mol. The van der Waals surface area contributed by atoms with E-state index >= 15 is 0 Å². The van der Waals surface area contributed by atoms with Crippen LogP contribution in [0.3, 0.4) is 0 Å². The van der Waals surface area contributed by atoms with Crippen molar-refractivity contribution in [2.24, 2.45) is 0 Å². The average Bonchev–Trinajstić information content (AvgIpc) is 2.63. The minimum Gasteiger partial charge on any atom is -1.00 e. The predicted octanol–water partition coefficient (Wildman–Crippen LogP) is -1.92. The Morgan fingerprint density at radius 3 is 2.72 bits per heavy atom. The zero-order chi connectivity index (χ0) is 12.4. The summed E-state index contributed by atoms with van der Waals surface area (Å²) >= 11 is 11.7. The first-order valence-corrected chi connectivity index (χ1v) is 5.49. The van der Waals surface area contributed by atoms with Gasteiger partial charge >= 0.3 is 0 Å². The second-order valence-corrected chi connectivity index (χ2v) is 4.28. The Bertz CT molecular complexity index is 570. The normalized spacial score (nSPS) is 9.89. The maximum Gasteiger partial charge on any atom is 0.286 e. The van der Waals surface area contributed by atoms with Crippen molar-refractivity contribution in [1.29, 1.82) is 0 Å². The standard InChI is InChI=1S/C10H9Cl2N4O.ClH/c11-7-1-2-8(9(12)3-7)10(17)4-16-6-15(13)5-14-16;/h1-3,5-6H,4,13H2;1H/q+1;/p-1. The number of halogens is 3. The maximum atomic E-state index is 11.9. The summed E-state index contributed by atoms with van der Waals surface area (Å²) in [7, 11) is 0. The molecule has 0 saturated heterocycles. The van der Waals surface area contributed by atoms with E-state index in [0.717, 1.165) is 0 Å². The Hall–Kier alpha value is -1.30. The van der Waals surface area contributed by atoms with E-state index in [1.54, 1.807) is 12.1 Å². The molecule has 1 aromatic heterocycles. The third-order valence-electron chi connectivity index (χ3n) is 2.14. The van der Waals surface area contributed by atoms with Gasteiger partial charge in [-0.1, -0.05) is 23.2 Å². The van der Waals surface area contributed by atoms with Gasteiger partial charge in [-0.25, -0.2) is 0 Å². The highest BCUT2D eigenvalue weighted by Crippen LogP contribution is 2.21. The number of hydrogen-bond acceptors (Lipinski definition) is 3. The van der Waals surface area contributed by atoms with Gasteiger partial charge in [0.15, 0.2) is 6.54 Å². The molecule has 0 unspecified atom stereocenters. The fraction of sp³-hybridized carbons (Fsp3) is 0.100. The van der Waals surface area contributed by atoms with E-state index in [4.69, 9.17) is 29.0 Å². The molecule has 5 nitrogen and oxygen atoms in total. The lowest BCUT2D eigenvalue weighted by Gasteiger charge is -2.01. The molecule has 2 aromatic rings. The fourth-order valence-corrected chi connectivity index (χ4v) is 1.88. The number of carbonyl (C=O) groups excluding carboxylic acids is 1. The number of ketones is 1. The van der Waals surface area contributed by atoms with Crippen LogP contribution < -0.4 is 22.9 Å². The minimum atomic E-state index is -0.157. The second kappa shape index (κ2) is 6.04. The van der Waals surface area contributed by atoms with Crippen LogP contribution in [0.5, 0.6) is 0 Å². The highest BCUT2D eigenvalue weighted by molar-refractivity contribution is 6.36. The summed E-state index contributed by atoms with van der Waals surface area (Å²) in [5.74, 6) is 5.26. The van der Waals surface area contributed by atoms with Crippen molar-refractivity contribution in [3.63, 3.8) is 0 Å². The molecule has 1 heterocycles. The van der Waals surface area contributed by atoms with Crippen LogP contribution in [-0.4, -0.2) is 15.6 Å². The molecule has 1 aromatic carbocycles. The Labute approximate surface area is 119 Å². The molecular formula is C10H9Cl3N4O. The summed E-state index contributed by atoms with van der Waals surface area (Å²) in [5, 5.41) is 4.71. The first kappa shape index (κ1) is 14.8. The van der Waals surface area contributed by atoms with Crippen molar-refractivity contribution in [1.82, 2.24) is 9.78 Å². The van der Waals surface area contributed by atoms with E-state index in [0.29, 0.717) is 15.6 Å². The summed E-state index contributed by atoms with van der Waals surface area (Å²) in [6.07, 6.45) is 2.90. The molecule has 0 saturated carbocycles. The van der Waals surface area contributed by atoms with Gasteiger partial charge in [0.05, 0.1) is 5.02 Å². The zero-order valence-corrected chi connectivity index (χ0v) is 11.3. The molecule has 0 fully saturated rings. The van der Waals surface area contributed by atoms with Gasteiger partial charge in [-0.15, -0.1) is 9.36 Å². The van der Waals surface area contributed by atoms with Gasteiger partial charge in [-0.2, -0.15) is 0 Å². The van der Waals surface area contributed by atoms with Gasteiger partial charge in [0.1, 0.15) is 0 Å². The summed E-state index contributed by atoms with van der Waals surface area (Å²) in [4.78, 5) is 11.9. The fourth-order valence-electron chi connectivity index (χ4n) is 1.37. The van der Waals surface area contributed by atoms with E-state index in [1.165, 1.54) is 28.1 Å². The first-order valence-electron chi connectivity index (χ1n) is 4.73. The van der Waals surface area contributed by atoms with Crippen molar-refractivity contribution in [3.05, 3.63) is 46.5 Å². The smallest absolute Gasteiger partial charge is 0.286 e. The maximum absolute atomic E-state index is 11.9. The Kier molecular flexibility index (Phi) is 4.95. The quantitative estimate of drug-likeness (QED) is 0.408. The molecule has 0 bridgehead atoms. The number of aromatic nitrogens is 3. The lowest BCUT2D eigenvalue weighted by molar-refractivity contribution is -0.639.